The molecule has 0 radical (unpaired) electrons. The Balaban J connectivity index is 1.85. The summed E-state index contributed by atoms with van der Waals surface area (Å²) in [7, 11) is 1.29. The number of piperidine rings is 1. The van der Waals surface area contributed by atoms with E-state index in [1.165, 1.54) is 12.0 Å². The van der Waals surface area contributed by atoms with Crippen molar-refractivity contribution in [2.24, 2.45) is 11.8 Å². The molecule has 0 aromatic heterocycles. The SMILES string of the molecule is CCC(=O)[C@@]12O[C@@]3(C4C(=O)OCCC41)N(CC)C(C)=C(C(=O)OC)C(c1ccccc1)N3C2=O. The second kappa shape index (κ2) is 7.66. The first-order chi connectivity index (χ1) is 16.3. The number of fused-ring (bicyclic) bond motifs is 3. The first-order valence-corrected chi connectivity index (χ1v) is 11.7. The number of allylic oxidation sites excluding steroid dienone is 1. The quantitative estimate of drug-likeness (QED) is 0.477. The molecule has 4 aliphatic rings. The smallest absolute Gasteiger partial charge is 0.337 e. The Morgan fingerprint density at radius 1 is 1.18 bits per heavy atom. The third kappa shape index (κ3) is 2.48. The summed E-state index contributed by atoms with van der Waals surface area (Å²) in [6.45, 7) is 5.74. The Labute approximate surface area is 197 Å². The number of carbonyl (C=O) groups is 4. The molecule has 0 saturated carbocycles. The van der Waals surface area contributed by atoms with Gasteiger partial charge in [0, 0.05) is 24.6 Å². The van der Waals surface area contributed by atoms with E-state index in [-0.39, 0.29) is 24.4 Å². The summed E-state index contributed by atoms with van der Waals surface area (Å²) in [5.41, 5.74) is -0.344. The Morgan fingerprint density at radius 3 is 2.50 bits per heavy atom. The molecule has 9 nitrogen and oxygen atoms in total. The van der Waals surface area contributed by atoms with E-state index in [2.05, 4.69) is 0 Å². The number of cyclic esters (lactones) is 1. The lowest BCUT2D eigenvalue weighted by Crippen LogP contribution is -2.71. The lowest BCUT2D eigenvalue weighted by atomic mass is 9.68. The monoisotopic (exact) mass is 468 g/mol. The minimum Gasteiger partial charge on any atom is -0.466 e. The fourth-order valence-corrected chi connectivity index (χ4v) is 6.46. The van der Waals surface area contributed by atoms with Gasteiger partial charge in [-0.25, -0.2) is 4.79 Å². The van der Waals surface area contributed by atoms with Gasteiger partial charge in [0.05, 0.1) is 25.3 Å². The maximum Gasteiger partial charge on any atom is 0.337 e. The van der Waals surface area contributed by atoms with Crippen LogP contribution in [0.5, 0.6) is 0 Å². The number of ketones is 1. The molecule has 5 atom stereocenters. The zero-order valence-corrected chi connectivity index (χ0v) is 19.7. The van der Waals surface area contributed by atoms with Crippen molar-refractivity contribution < 1.29 is 33.4 Å². The Morgan fingerprint density at radius 2 is 1.88 bits per heavy atom. The highest BCUT2D eigenvalue weighted by molar-refractivity contribution is 6.14. The number of hydrogen-bond donors (Lipinski definition) is 0. The topological polar surface area (TPSA) is 102 Å². The van der Waals surface area contributed by atoms with Crippen LogP contribution in [0, 0.1) is 11.8 Å². The zero-order chi connectivity index (χ0) is 24.4. The van der Waals surface area contributed by atoms with Crippen molar-refractivity contribution in [3.8, 4) is 0 Å². The molecule has 3 unspecified atom stereocenters. The fourth-order valence-electron chi connectivity index (χ4n) is 6.46. The van der Waals surface area contributed by atoms with E-state index < -0.39 is 47.2 Å². The molecule has 0 N–H and O–H groups in total. The lowest BCUT2D eigenvalue weighted by molar-refractivity contribution is -0.228. The summed E-state index contributed by atoms with van der Waals surface area (Å²) in [6.07, 6.45) is 0.427. The molecule has 34 heavy (non-hydrogen) atoms. The molecule has 4 heterocycles. The molecule has 3 saturated heterocycles. The van der Waals surface area contributed by atoms with Crippen molar-refractivity contribution in [1.82, 2.24) is 9.80 Å². The number of hydrogen-bond acceptors (Lipinski definition) is 8. The van der Waals surface area contributed by atoms with Crippen molar-refractivity contribution in [2.75, 3.05) is 20.3 Å². The number of esters is 2. The van der Waals surface area contributed by atoms with Gasteiger partial charge in [-0.15, -0.1) is 0 Å². The van der Waals surface area contributed by atoms with Gasteiger partial charge in [-0.1, -0.05) is 37.3 Å². The number of rotatable bonds is 5. The molecule has 1 aromatic rings. The van der Waals surface area contributed by atoms with Gasteiger partial charge in [0.2, 0.25) is 11.4 Å². The van der Waals surface area contributed by atoms with E-state index in [0.29, 0.717) is 24.2 Å². The van der Waals surface area contributed by atoms with Crippen LogP contribution in [-0.4, -0.2) is 65.1 Å². The molecule has 180 valence electrons. The fraction of sp³-hybridized carbons (Fsp3) is 0.520. The highest BCUT2D eigenvalue weighted by atomic mass is 16.6. The predicted octanol–water partition coefficient (Wildman–Crippen LogP) is 1.93. The molecule has 9 heteroatoms. The van der Waals surface area contributed by atoms with Crippen LogP contribution in [-0.2, 0) is 33.4 Å². The average Bonchev–Trinajstić information content (AvgIpc) is 3.30. The van der Waals surface area contributed by atoms with Crippen molar-refractivity contribution in [2.45, 2.75) is 51.1 Å². The van der Waals surface area contributed by atoms with Crippen molar-refractivity contribution in [3.05, 3.63) is 47.2 Å². The van der Waals surface area contributed by atoms with E-state index in [1.807, 2.05) is 25.1 Å². The molecule has 5 rings (SSSR count). The van der Waals surface area contributed by atoms with Crippen LogP contribution in [0.25, 0.3) is 0 Å². The predicted molar refractivity (Wildman–Crippen MR) is 118 cm³/mol. The second-order valence-electron chi connectivity index (χ2n) is 9.04. The highest BCUT2D eigenvalue weighted by Crippen LogP contribution is 2.65. The second-order valence-corrected chi connectivity index (χ2v) is 9.04. The van der Waals surface area contributed by atoms with E-state index in [1.54, 1.807) is 30.9 Å². The van der Waals surface area contributed by atoms with Crippen LogP contribution in [0.15, 0.2) is 41.6 Å². The van der Waals surface area contributed by atoms with Gasteiger partial charge in [-0.3, -0.25) is 19.3 Å². The number of methoxy groups -OCH3 is 1. The molecule has 1 aromatic carbocycles. The molecule has 0 aliphatic carbocycles. The van der Waals surface area contributed by atoms with Gasteiger partial charge in [0.15, 0.2) is 5.78 Å². The Bertz CT molecular complexity index is 1120. The number of ether oxygens (including phenoxy) is 3. The van der Waals surface area contributed by atoms with Crippen LogP contribution in [0.2, 0.25) is 0 Å². The third-order valence-corrected chi connectivity index (χ3v) is 7.73. The molecule has 3 fully saturated rings. The summed E-state index contributed by atoms with van der Waals surface area (Å²) in [5, 5.41) is 0. The maximum atomic E-state index is 14.3. The van der Waals surface area contributed by atoms with Crippen LogP contribution in [0.4, 0.5) is 0 Å². The first-order valence-electron chi connectivity index (χ1n) is 11.7. The number of amides is 1. The molecule has 4 aliphatic heterocycles. The molecular formula is C25H28N2O7. The molecule has 1 amide bonds. The summed E-state index contributed by atoms with van der Waals surface area (Å²) in [5.74, 6) is -5.09. The van der Waals surface area contributed by atoms with Crippen LogP contribution in [0.3, 0.4) is 0 Å². The van der Waals surface area contributed by atoms with E-state index in [0.717, 1.165) is 0 Å². The van der Waals surface area contributed by atoms with E-state index in [9.17, 15) is 19.2 Å². The van der Waals surface area contributed by atoms with Crippen LogP contribution >= 0.6 is 0 Å². The first kappa shape index (κ1) is 22.6. The number of nitrogens with zero attached hydrogens (tertiary/aromatic N) is 2. The number of benzene rings is 1. The van der Waals surface area contributed by atoms with Gasteiger partial charge in [0.25, 0.3) is 5.91 Å². The zero-order valence-electron chi connectivity index (χ0n) is 19.7. The normalized spacial score (nSPS) is 34.1. The van der Waals surface area contributed by atoms with E-state index >= 15 is 0 Å². The molecular weight excluding hydrogens is 440 g/mol. The van der Waals surface area contributed by atoms with Gasteiger partial charge >= 0.3 is 11.9 Å². The Kier molecular flexibility index (Phi) is 5.09. The number of carbonyl (C=O) groups excluding carboxylic acids is 4. The summed E-state index contributed by atoms with van der Waals surface area (Å²) < 4.78 is 17.2. The summed E-state index contributed by atoms with van der Waals surface area (Å²) in [6, 6.07) is 8.16. The molecule has 1 spiro atoms. The summed E-state index contributed by atoms with van der Waals surface area (Å²) >= 11 is 0. The van der Waals surface area contributed by atoms with Crippen molar-refractivity contribution in [3.63, 3.8) is 0 Å². The minimum absolute atomic E-state index is 0.0757. The van der Waals surface area contributed by atoms with Crippen LogP contribution < -0.4 is 0 Å². The standard InChI is InChI=1S/C25H28N2O7/c1-5-17(28)24-16-12-13-33-22(30)19(16)25(34-24)26(6-2)14(3)18(21(29)32-4)20(27(25)23(24)31)15-10-8-7-9-11-15/h7-11,16,19-20H,5-6,12-13H2,1-4H3/t16?,19?,20?,24-,25-/m0/s1. The van der Waals surface area contributed by atoms with Gasteiger partial charge in [0.1, 0.15) is 5.92 Å². The van der Waals surface area contributed by atoms with Crippen molar-refractivity contribution >= 4 is 23.6 Å². The molecule has 2 bridgehead atoms. The van der Waals surface area contributed by atoms with E-state index in [4.69, 9.17) is 14.2 Å². The van der Waals surface area contributed by atoms with Crippen LogP contribution in [0.1, 0.15) is 45.2 Å². The largest absolute Gasteiger partial charge is 0.466 e. The van der Waals surface area contributed by atoms with Gasteiger partial charge in [-0.05, 0) is 25.8 Å². The Hall–Kier alpha value is -3.20. The average molecular weight is 469 g/mol. The lowest BCUT2D eigenvalue weighted by Gasteiger charge is -2.56. The third-order valence-electron chi connectivity index (χ3n) is 7.73. The van der Waals surface area contributed by atoms with Gasteiger partial charge < -0.3 is 19.1 Å². The maximum absolute atomic E-state index is 14.3. The summed E-state index contributed by atoms with van der Waals surface area (Å²) in [4.78, 5) is 57.3. The van der Waals surface area contributed by atoms with Crippen molar-refractivity contribution in [1.29, 1.82) is 0 Å². The highest BCUT2D eigenvalue weighted by Gasteiger charge is 2.84. The van der Waals surface area contributed by atoms with Gasteiger partial charge in [-0.2, -0.15) is 0 Å². The number of Topliss-reactive ketones (excluding diaryl/α,β-unsaturated/α-hetero) is 1. The minimum atomic E-state index is -1.80.